The Hall–Kier alpha value is -2.15. The van der Waals surface area contributed by atoms with Gasteiger partial charge in [0, 0.05) is 29.9 Å². The van der Waals surface area contributed by atoms with Crippen LogP contribution in [0.15, 0.2) is 18.5 Å². The summed E-state index contributed by atoms with van der Waals surface area (Å²) in [7, 11) is 1.94. The highest BCUT2D eigenvalue weighted by Gasteiger charge is 2.16. The van der Waals surface area contributed by atoms with Gasteiger partial charge in [0.1, 0.15) is 0 Å². The summed E-state index contributed by atoms with van der Waals surface area (Å²) >= 11 is 1.38. The third-order valence-electron chi connectivity index (χ3n) is 2.92. The van der Waals surface area contributed by atoms with Crippen LogP contribution in [0.25, 0.3) is 16.3 Å². The van der Waals surface area contributed by atoms with Crippen LogP contribution >= 0.6 is 11.3 Å². The van der Waals surface area contributed by atoms with Crippen molar-refractivity contribution in [3.63, 3.8) is 0 Å². The van der Waals surface area contributed by atoms with Crippen LogP contribution in [0.1, 0.15) is 10.6 Å². The van der Waals surface area contributed by atoms with Crippen molar-refractivity contribution in [1.29, 1.82) is 0 Å². The Labute approximate surface area is 112 Å². The van der Waals surface area contributed by atoms with Crippen LogP contribution in [0.3, 0.4) is 0 Å². The Morgan fingerprint density at radius 2 is 2.32 bits per heavy atom. The fourth-order valence-corrected chi connectivity index (χ4v) is 2.99. The van der Waals surface area contributed by atoms with E-state index >= 15 is 0 Å². The van der Waals surface area contributed by atoms with Crippen molar-refractivity contribution >= 4 is 22.3 Å². The largest absolute Gasteiger partial charge is 0.481 e. The van der Waals surface area contributed by atoms with Gasteiger partial charge in [-0.3, -0.25) is 4.79 Å². The van der Waals surface area contributed by atoms with Gasteiger partial charge in [0.2, 0.25) is 4.96 Å². The number of aryl methyl sites for hydroxylation is 2. The number of carbonyl (C=O) groups is 1. The first kappa shape index (κ1) is 11.9. The highest BCUT2D eigenvalue weighted by molar-refractivity contribution is 7.17. The number of aliphatic carboxylic acids is 1. The molecule has 0 fully saturated rings. The summed E-state index contributed by atoms with van der Waals surface area (Å²) in [5.41, 5.74) is 1.80. The minimum Gasteiger partial charge on any atom is -0.481 e. The van der Waals surface area contributed by atoms with Crippen molar-refractivity contribution in [3.8, 4) is 11.4 Å². The van der Waals surface area contributed by atoms with E-state index in [-0.39, 0.29) is 6.42 Å². The summed E-state index contributed by atoms with van der Waals surface area (Å²) in [6, 6.07) is 1.95. The van der Waals surface area contributed by atoms with E-state index in [1.807, 2.05) is 37.0 Å². The minimum atomic E-state index is -0.837. The second-order valence-electron chi connectivity index (χ2n) is 4.38. The zero-order valence-corrected chi connectivity index (χ0v) is 11.3. The molecule has 0 aliphatic rings. The quantitative estimate of drug-likeness (QED) is 0.790. The van der Waals surface area contributed by atoms with Crippen molar-refractivity contribution < 1.29 is 9.90 Å². The van der Waals surface area contributed by atoms with Crippen molar-refractivity contribution in [2.24, 2.45) is 7.05 Å². The molecule has 98 valence electrons. The standard InChI is InChI=1S/C12H12N4O2S/c1-7-9(5-10(17)18)19-12-13-11(14-16(7)12)8-3-4-15(2)6-8/h3-4,6H,5H2,1-2H3,(H,17,18). The van der Waals surface area contributed by atoms with Crippen LogP contribution in [-0.2, 0) is 18.3 Å². The summed E-state index contributed by atoms with van der Waals surface area (Å²) in [6.45, 7) is 1.87. The molecular formula is C12H12N4O2S. The fraction of sp³-hybridized carbons (Fsp3) is 0.250. The molecule has 3 rings (SSSR count). The smallest absolute Gasteiger partial charge is 0.308 e. The highest BCUT2D eigenvalue weighted by atomic mass is 32.1. The van der Waals surface area contributed by atoms with Crippen LogP contribution in [-0.4, -0.2) is 30.2 Å². The maximum atomic E-state index is 10.8. The van der Waals surface area contributed by atoms with E-state index in [1.54, 1.807) is 4.52 Å². The first-order chi connectivity index (χ1) is 9.04. The number of hydrogen-bond donors (Lipinski definition) is 1. The van der Waals surface area contributed by atoms with Gasteiger partial charge < -0.3 is 9.67 Å². The molecule has 0 saturated heterocycles. The molecule has 6 nitrogen and oxygen atoms in total. The number of fused-ring (bicyclic) bond motifs is 1. The number of hydrogen-bond acceptors (Lipinski definition) is 4. The maximum Gasteiger partial charge on any atom is 0.308 e. The van der Waals surface area contributed by atoms with E-state index < -0.39 is 5.97 Å². The van der Waals surface area contributed by atoms with E-state index in [1.165, 1.54) is 11.3 Å². The van der Waals surface area contributed by atoms with Crippen molar-refractivity contribution in [3.05, 3.63) is 29.0 Å². The Morgan fingerprint density at radius 3 is 2.89 bits per heavy atom. The van der Waals surface area contributed by atoms with Crippen molar-refractivity contribution in [2.75, 3.05) is 0 Å². The molecule has 0 unspecified atom stereocenters. The average molecular weight is 276 g/mol. The van der Waals surface area contributed by atoms with Crippen molar-refractivity contribution in [1.82, 2.24) is 19.2 Å². The van der Waals surface area contributed by atoms with Gasteiger partial charge in [-0.25, -0.2) is 4.52 Å². The van der Waals surface area contributed by atoms with Gasteiger partial charge in [-0.1, -0.05) is 11.3 Å². The van der Waals surface area contributed by atoms with E-state index in [9.17, 15) is 4.79 Å². The summed E-state index contributed by atoms with van der Waals surface area (Å²) < 4.78 is 3.65. The predicted octanol–water partition coefficient (Wildman–Crippen LogP) is 1.73. The molecule has 0 aromatic carbocycles. The molecule has 0 atom stereocenters. The Morgan fingerprint density at radius 1 is 1.53 bits per heavy atom. The van der Waals surface area contributed by atoms with Gasteiger partial charge in [-0.05, 0) is 13.0 Å². The average Bonchev–Trinajstić information content (AvgIpc) is 2.98. The SMILES string of the molecule is Cc1c(CC(=O)O)sc2nc(-c3ccn(C)c3)nn12. The number of nitrogens with zero attached hydrogens (tertiary/aromatic N) is 4. The lowest BCUT2D eigenvalue weighted by atomic mass is 10.3. The number of rotatable bonds is 3. The van der Waals surface area contributed by atoms with Gasteiger partial charge in [-0.2, -0.15) is 4.98 Å². The monoisotopic (exact) mass is 276 g/mol. The van der Waals surface area contributed by atoms with Crippen LogP contribution in [0.2, 0.25) is 0 Å². The molecule has 19 heavy (non-hydrogen) atoms. The topological polar surface area (TPSA) is 72.4 Å². The molecule has 3 aromatic heterocycles. The molecular weight excluding hydrogens is 264 g/mol. The van der Waals surface area contributed by atoms with E-state index in [4.69, 9.17) is 5.11 Å². The van der Waals surface area contributed by atoms with Crippen LogP contribution in [0, 0.1) is 6.92 Å². The number of thiazole rings is 1. The summed E-state index contributed by atoms with van der Waals surface area (Å²) in [6.07, 6.45) is 3.91. The van der Waals surface area contributed by atoms with E-state index in [2.05, 4.69) is 10.1 Å². The third-order valence-corrected chi connectivity index (χ3v) is 4.05. The minimum absolute atomic E-state index is 0.0161. The normalized spacial score (nSPS) is 11.3. The summed E-state index contributed by atoms with van der Waals surface area (Å²) in [5.74, 6) is -0.173. The van der Waals surface area contributed by atoms with E-state index in [0.29, 0.717) is 5.82 Å². The molecule has 3 heterocycles. The van der Waals surface area contributed by atoms with E-state index in [0.717, 1.165) is 21.1 Å². The van der Waals surface area contributed by atoms with Gasteiger partial charge >= 0.3 is 5.97 Å². The van der Waals surface area contributed by atoms with Crippen molar-refractivity contribution in [2.45, 2.75) is 13.3 Å². The van der Waals surface area contributed by atoms with Crippen LogP contribution < -0.4 is 0 Å². The number of carboxylic acids is 1. The molecule has 0 radical (unpaired) electrons. The molecule has 7 heteroatoms. The van der Waals surface area contributed by atoms with Gasteiger partial charge in [0.15, 0.2) is 5.82 Å². The second-order valence-corrected chi connectivity index (χ2v) is 5.44. The zero-order chi connectivity index (χ0) is 13.6. The molecule has 0 bridgehead atoms. The number of aromatic nitrogens is 4. The third kappa shape index (κ3) is 2.01. The molecule has 3 aromatic rings. The lowest BCUT2D eigenvalue weighted by Gasteiger charge is -1.93. The number of carboxylic acid groups (broad SMARTS) is 1. The zero-order valence-electron chi connectivity index (χ0n) is 10.5. The highest BCUT2D eigenvalue weighted by Crippen LogP contribution is 2.25. The Bertz CT molecular complexity index is 768. The first-order valence-electron chi connectivity index (χ1n) is 5.74. The predicted molar refractivity (Wildman–Crippen MR) is 71.3 cm³/mol. The maximum absolute atomic E-state index is 10.8. The summed E-state index contributed by atoms with van der Waals surface area (Å²) in [4.78, 5) is 16.7. The molecule has 0 saturated carbocycles. The molecule has 0 aliphatic carbocycles. The van der Waals surface area contributed by atoms with Crippen LogP contribution in [0.5, 0.6) is 0 Å². The van der Waals surface area contributed by atoms with Gasteiger partial charge in [-0.15, -0.1) is 5.10 Å². The lowest BCUT2D eigenvalue weighted by Crippen LogP contribution is -2.00. The second kappa shape index (κ2) is 4.20. The Balaban J connectivity index is 2.05. The lowest BCUT2D eigenvalue weighted by molar-refractivity contribution is -0.136. The summed E-state index contributed by atoms with van der Waals surface area (Å²) in [5, 5.41) is 13.3. The molecule has 0 amide bonds. The molecule has 1 N–H and O–H groups in total. The molecule has 0 spiro atoms. The fourth-order valence-electron chi connectivity index (χ4n) is 1.94. The van der Waals surface area contributed by atoms with Gasteiger partial charge in [0.25, 0.3) is 0 Å². The first-order valence-corrected chi connectivity index (χ1v) is 6.55. The Kier molecular flexibility index (Phi) is 2.63. The van der Waals surface area contributed by atoms with Crippen LogP contribution in [0.4, 0.5) is 0 Å². The van der Waals surface area contributed by atoms with Gasteiger partial charge in [0.05, 0.1) is 12.1 Å². The molecule has 0 aliphatic heterocycles.